The van der Waals surface area contributed by atoms with Crippen molar-refractivity contribution < 1.29 is 17.6 Å². The summed E-state index contributed by atoms with van der Waals surface area (Å²) in [6.07, 6.45) is 0. The molecule has 2 aromatic rings. The minimum Gasteiger partial charge on any atom is -0.322 e. The lowest BCUT2D eigenvalue weighted by molar-refractivity contribution is 0.102. The Morgan fingerprint density at radius 1 is 1.14 bits per heavy atom. The maximum atomic E-state index is 13.0. The van der Waals surface area contributed by atoms with E-state index in [-0.39, 0.29) is 4.90 Å². The van der Waals surface area contributed by atoms with Crippen LogP contribution in [0.25, 0.3) is 0 Å². The summed E-state index contributed by atoms with van der Waals surface area (Å²) in [5, 5.41) is 2.60. The van der Waals surface area contributed by atoms with E-state index >= 15 is 0 Å². The van der Waals surface area contributed by atoms with Crippen molar-refractivity contribution in [2.45, 2.75) is 11.8 Å². The van der Waals surface area contributed by atoms with Crippen molar-refractivity contribution in [2.24, 2.45) is 0 Å². The second-order valence-electron chi connectivity index (χ2n) is 4.38. The maximum Gasteiger partial charge on any atom is 0.261 e. The van der Waals surface area contributed by atoms with Gasteiger partial charge in [0.2, 0.25) is 0 Å². The van der Waals surface area contributed by atoms with Crippen LogP contribution in [0.3, 0.4) is 0 Å². The SMILES string of the molecule is Cc1cc(F)ccc1C(=O)Nc1ccc(S(=O)(=O)Cl)cc1. The summed E-state index contributed by atoms with van der Waals surface area (Å²) < 4.78 is 35.2. The molecule has 0 atom stereocenters. The number of halogens is 2. The minimum atomic E-state index is -3.79. The summed E-state index contributed by atoms with van der Waals surface area (Å²) in [5.41, 5.74) is 1.26. The highest BCUT2D eigenvalue weighted by atomic mass is 35.7. The van der Waals surface area contributed by atoms with Crippen LogP contribution in [0.1, 0.15) is 15.9 Å². The van der Waals surface area contributed by atoms with E-state index in [9.17, 15) is 17.6 Å². The molecule has 7 heteroatoms. The zero-order chi connectivity index (χ0) is 15.6. The highest BCUT2D eigenvalue weighted by Crippen LogP contribution is 2.19. The second kappa shape index (κ2) is 5.83. The molecule has 0 saturated heterocycles. The van der Waals surface area contributed by atoms with Gasteiger partial charge in [0.05, 0.1) is 4.90 Å². The maximum absolute atomic E-state index is 13.0. The molecule has 0 radical (unpaired) electrons. The molecule has 2 aromatic carbocycles. The number of aryl methyl sites for hydroxylation is 1. The first-order valence-electron chi connectivity index (χ1n) is 5.89. The number of hydrogen-bond acceptors (Lipinski definition) is 3. The van der Waals surface area contributed by atoms with Crippen molar-refractivity contribution in [3.8, 4) is 0 Å². The molecule has 21 heavy (non-hydrogen) atoms. The van der Waals surface area contributed by atoms with E-state index in [0.29, 0.717) is 16.8 Å². The Hall–Kier alpha value is -1.92. The molecule has 0 fully saturated rings. The fourth-order valence-electron chi connectivity index (χ4n) is 1.78. The number of amides is 1. The van der Waals surface area contributed by atoms with Crippen molar-refractivity contribution in [3.63, 3.8) is 0 Å². The van der Waals surface area contributed by atoms with Crippen LogP contribution in [0.15, 0.2) is 47.4 Å². The lowest BCUT2D eigenvalue weighted by Gasteiger charge is -2.08. The summed E-state index contributed by atoms with van der Waals surface area (Å²) >= 11 is 0. The molecular formula is C14H11ClFNO3S. The van der Waals surface area contributed by atoms with Crippen molar-refractivity contribution in [1.29, 1.82) is 0 Å². The average Bonchev–Trinajstić information content (AvgIpc) is 2.38. The Balaban J connectivity index is 2.20. The Labute approximate surface area is 126 Å². The summed E-state index contributed by atoms with van der Waals surface area (Å²) in [7, 11) is 1.40. The largest absolute Gasteiger partial charge is 0.322 e. The van der Waals surface area contributed by atoms with Crippen molar-refractivity contribution >= 4 is 31.3 Å². The molecule has 0 saturated carbocycles. The van der Waals surface area contributed by atoms with Crippen LogP contribution in [0.4, 0.5) is 10.1 Å². The third-order valence-corrected chi connectivity index (χ3v) is 4.20. The number of carbonyl (C=O) groups excluding carboxylic acids is 1. The number of carbonyl (C=O) groups is 1. The third kappa shape index (κ3) is 3.80. The van der Waals surface area contributed by atoms with Crippen LogP contribution in [0, 0.1) is 12.7 Å². The van der Waals surface area contributed by atoms with Crippen molar-refractivity contribution in [1.82, 2.24) is 0 Å². The first kappa shape index (κ1) is 15.5. The molecule has 4 nitrogen and oxygen atoms in total. The van der Waals surface area contributed by atoms with Gasteiger partial charge in [-0.2, -0.15) is 0 Å². The van der Waals surface area contributed by atoms with Gasteiger partial charge in [-0.15, -0.1) is 0 Å². The molecule has 1 N–H and O–H groups in total. The molecule has 0 unspecified atom stereocenters. The van der Waals surface area contributed by atoms with Gasteiger partial charge in [-0.25, -0.2) is 12.8 Å². The number of nitrogens with one attached hydrogen (secondary N) is 1. The van der Waals surface area contributed by atoms with E-state index < -0.39 is 20.8 Å². The molecule has 2 rings (SSSR count). The number of benzene rings is 2. The fourth-order valence-corrected chi connectivity index (χ4v) is 2.55. The lowest BCUT2D eigenvalue weighted by Crippen LogP contribution is -2.13. The topological polar surface area (TPSA) is 63.2 Å². The summed E-state index contributed by atoms with van der Waals surface area (Å²) in [6.45, 7) is 1.63. The van der Waals surface area contributed by atoms with Crippen LogP contribution >= 0.6 is 10.7 Å². The molecule has 0 aromatic heterocycles. The standard InChI is InChI=1S/C14H11ClFNO3S/c1-9-8-10(16)2-7-13(9)14(18)17-11-3-5-12(6-4-11)21(15,19)20/h2-8H,1H3,(H,17,18). The van der Waals surface area contributed by atoms with Crippen molar-refractivity contribution in [3.05, 3.63) is 59.4 Å². The van der Waals surface area contributed by atoms with Gasteiger partial charge in [0, 0.05) is 21.9 Å². The Bertz CT molecular complexity index is 788. The van der Waals surface area contributed by atoms with Gasteiger partial charge in [0.1, 0.15) is 5.82 Å². The molecule has 0 aliphatic carbocycles. The van der Waals surface area contributed by atoms with Crippen molar-refractivity contribution in [2.75, 3.05) is 5.32 Å². The second-order valence-corrected chi connectivity index (χ2v) is 6.94. The average molecular weight is 328 g/mol. The molecule has 0 spiro atoms. The van der Waals surface area contributed by atoms with Gasteiger partial charge in [-0.3, -0.25) is 4.79 Å². The Kier molecular flexibility index (Phi) is 4.29. The molecule has 110 valence electrons. The van der Waals surface area contributed by atoms with Gasteiger partial charge in [0.25, 0.3) is 15.0 Å². The summed E-state index contributed by atoms with van der Waals surface area (Å²) in [5.74, 6) is -0.824. The van der Waals surface area contributed by atoms with Gasteiger partial charge in [-0.05, 0) is 55.0 Å². The quantitative estimate of drug-likeness (QED) is 0.880. The predicted octanol–water partition coefficient (Wildman–Crippen LogP) is 3.31. The number of rotatable bonds is 3. The first-order valence-corrected chi connectivity index (χ1v) is 8.20. The highest BCUT2D eigenvalue weighted by molar-refractivity contribution is 8.13. The highest BCUT2D eigenvalue weighted by Gasteiger charge is 2.12. The van der Waals surface area contributed by atoms with E-state index in [2.05, 4.69) is 5.32 Å². The minimum absolute atomic E-state index is 0.0554. The molecule has 1 amide bonds. The molecule has 0 aliphatic heterocycles. The number of anilines is 1. The van der Waals surface area contributed by atoms with E-state index in [1.165, 1.54) is 42.5 Å². The molecular weight excluding hydrogens is 317 g/mol. The predicted molar refractivity (Wildman–Crippen MR) is 78.6 cm³/mol. The van der Waals surface area contributed by atoms with Gasteiger partial charge in [-0.1, -0.05) is 0 Å². The normalized spacial score (nSPS) is 11.2. The summed E-state index contributed by atoms with van der Waals surface area (Å²) in [4.78, 5) is 12.0. The third-order valence-electron chi connectivity index (χ3n) is 2.83. The lowest BCUT2D eigenvalue weighted by atomic mass is 10.1. The first-order chi connectivity index (χ1) is 9.77. The summed E-state index contributed by atoms with van der Waals surface area (Å²) in [6, 6.07) is 9.27. The Morgan fingerprint density at radius 2 is 1.76 bits per heavy atom. The Morgan fingerprint density at radius 3 is 2.29 bits per heavy atom. The fraction of sp³-hybridized carbons (Fsp3) is 0.0714. The van der Waals surface area contributed by atoms with Crippen LogP contribution < -0.4 is 5.32 Å². The van der Waals surface area contributed by atoms with Crippen LogP contribution in [-0.2, 0) is 9.05 Å². The van der Waals surface area contributed by atoms with E-state index in [0.717, 1.165) is 0 Å². The van der Waals surface area contributed by atoms with E-state index in [1.807, 2.05) is 0 Å². The van der Waals surface area contributed by atoms with Crippen LogP contribution in [-0.4, -0.2) is 14.3 Å². The number of hydrogen-bond donors (Lipinski definition) is 1. The van der Waals surface area contributed by atoms with Gasteiger partial charge < -0.3 is 5.32 Å². The molecule has 0 heterocycles. The van der Waals surface area contributed by atoms with E-state index in [1.54, 1.807) is 6.92 Å². The molecule has 0 bridgehead atoms. The van der Waals surface area contributed by atoms with Crippen LogP contribution in [0.5, 0.6) is 0 Å². The zero-order valence-corrected chi connectivity index (χ0v) is 12.5. The van der Waals surface area contributed by atoms with Crippen LogP contribution in [0.2, 0.25) is 0 Å². The smallest absolute Gasteiger partial charge is 0.261 e. The monoisotopic (exact) mass is 327 g/mol. The van der Waals surface area contributed by atoms with Gasteiger partial charge >= 0.3 is 0 Å². The zero-order valence-electron chi connectivity index (χ0n) is 10.9. The van der Waals surface area contributed by atoms with E-state index in [4.69, 9.17) is 10.7 Å². The molecule has 0 aliphatic rings. The van der Waals surface area contributed by atoms with Gasteiger partial charge in [0.15, 0.2) is 0 Å².